The standard InChI is InChI=1S/C15H14ClN3S/c1-18-7-4-12-11(9-18)15-13(8-14(16)20-15)19(12)10-2-5-17-6-3-10/h2-3,5-6,8H,4,7,9H2,1H3. The van der Waals surface area contributed by atoms with Crippen LogP contribution in [0, 0.1) is 0 Å². The Hall–Kier alpha value is -1.36. The van der Waals surface area contributed by atoms with Crippen molar-refractivity contribution < 1.29 is 0 Å². The van der Waals surface area contributed by atoms with Crippen molar-refractivity contribution in [3.05, 3.63) is 46.2 Å². The first-order valence-electron chi connectivity index (χ1n) is 6.64. The van der Waals surface area contributed by atoms with E-state index in [1.54, 1.807) is 11.3 Å². The summed E-state index contributed by atoms with van der Waals surface area (Å²) in [4.78, 5) is 6.49. The average Bonchev–Trinajstić information content (AvgIpc) is 2.95. The van der Waals surface area contributed by atoms with Crippen LogP contribution < -0.4 is 0 Å². The molecule has 0 fully saturated rings. The number of likely N-dealkylation sites (N-methyl/N-ethyl adjacent to an activating group) is 1. The zero-order valence-corrected chi connectivity index (χ0v) is 12.7. The van der Waals surface area contributed by atoms with Crippen molar-refractivity contribution in [2.45, 2.75) is 13.0 Å². The number of halogens is 1. The van der Waals surface area contributed by atoms with Crippen LogP contribution in [0.1, 0.15) is 11.3 Å². The molecule has 1 aliphatic heterocycles. The Kier molecular flexibility index (Phi) is 2.84. The third-order valence-electron chi connectivity index (χ3n) is 3.89. The lowest BCUT2D eigenvalue weighted by Gasteiger charge is -2.24. The van der Waals surface area contributed by atoms with Gasteiger partial charge in [-0.05, 0) is 25.2 Å². The number of hydrogen-bond acceptors (Lipinski definition) is 3. The number of rotatable bonds is 1. The molecule has 0 saturated heterocycles. The van der Waals surface area contributed by atoms with Crippen molar-refractivity contribution in [3.8, 4) is 5.69 Å². The fourth-order valence-electron chi connectivity index (χ4n) is 3.01. The predicted molar refractivity (Wildman–Crippen MR) is 84.0 cm³/mol. The molecule has 3 nitrogen and oxygen atoms in total. The minimum atomic E-state index is 0.855. The highest BCUT2D eigenvalue weighted by molar-refractivity contribution is 7.22. The molecule has 0 bridgehead atoms. The SMILES string of the molecule is CN1CCc2c(c3sc(Cl)cc3n2-c2ccncc2)C1. The highest BCUT2D eigenvalue weighted by Gasteiger charge is 2.24. The Bertz CT molecular complexity index is 775. The second-order valence-electron chi connectivity index (χ2n) is 5.22. The van der Waals surface area contributed by atoms with Crippen LogP contribution in [0.3, 0.4) is 0 Å². The maximum absolute atomic E-state index is 6.24. The summed E-state index contributed by atoms with van der Waals surface area (Å²) < 4.78 is 4.53. The minimum Gasteiger partial charge on any atom is -0.312 e. The Labute approximate surface area is 126 Å². The van der Waals surface area contributed by atoms with Gasteiger partial charge < -0.3 is 9.47 Å². The highest BCUT2D eigenvalue weighted by atomic mass is 35.5. The number of aromatic nitrogens is 2. The van der Waals surface area contributed by atoms with Crippen molar-refractivity contribution in [1.82, 2.24) is 14.5 Å². The van der Waals surface area contributed by atoms with Gasteiger partial charge in [-0.25, -0.2) is 0 Å². The molecule has 3 aromatic rings. The maximum Gasteiger partial charge on any atom is 0.0956 e. The second-order valence-corrected chi connectivity index (χ2v) is 6.90. The molecule has 4 heterocycles. The molecule has 102 valence electrons. The first-order chi connectivity index (χ1) is 9.74. The molecule has 0 aliphatic carbocycles. The Morgan fingerprint density at radius 2 is 2.10 bits per heavy atom. The van der Waals surface area contributed by atoms with Gasteiger partial charge in [0.2, 0.25) is 0 Å². The van der Waals surface area contributed by atoms with Crippen molar-refractivity contribution in [1.29, 1.82) is 0 Å². The molecule has 0 radical (unpaired) electrons. The van der Waals surface area contributed by atoms with E-state index in [0.717, 1.165) is 23.8 Å². The van der Waals surface area contributed by atoms with E-state index in [4.69, 9.17) is 11.6 Å². The second kappa shape index (κ2) is 4.58. The van der Waals surface area contributed by atoms with Gasteiger partial charge in [-0.15, -0.1) is 11.3 Å². The fourth-order valence-corrected chi connectivity index (χ4v) is 4.27. The van der Waals surface area contributed by atoms with Crippen LogP contribution >= 0.6 is 22.9 Å². The third kappa shape index (κ3) is 1.79. The number of thiophene rings is 1. The lowest BCUT2D eigenvalue weighted by Crippen LogP contribution is -2.27. The lowest BCUT2D eigenvalue weighted by molar-refractivity contribution is 0.311. The van der Waals surface area contributed by atoms with E-state index in [0.29, 0.717) is 0 Å². The summed E-state index contributed by atoms with van der Waals surface area (Å²) in [6.07, 6.45) is 4.76. The van der Waals surface area contributed by atoms with Crippen LogP contribution in [0.25, 0.3) is 15.9 Å². The van der Waals surface area contributed by atoms with Gasteiger partial charge in [-0.3, -0.25) is 4.98 Å². The number of hydrogen-bond donors (Lipinski definition) is 0. The summed E-state index contributed by atoms with van der Waals surface area (Å²) in [7, 11) is 2.17. The predicted octanol–water partition coefficient (Wildman–Crippen LogP) is 3.73. The molecule has 0 N–H and O–H groups in total. The van der Waals surface area contributed by atoms with Crippen LogP contribution in [0.2, 0.25) is 4.34 Å². The summed E-state index contributed by atoms with van der Waals surface area (Å²) in [6, 6.07) is 6.20. The van der Waals surface area contributed by atoms with Gasteiger partial charge in [0.1, 0.15) is 0 Å². The Morgan fingerprint density at radius 3 is 2.90 bits per heavy atom. The van der Waals surface area contributed by atoms with E-state index in [1.165, 1.54) is 27.2 Å². The zero-order chi connectivity index (χ0) is 13.7. The maximum atomic E-state index is 6.24. The zero-order valence-electron chi connectivity index (χ0n) is 11.1. The number of nitrogens with zero attached hydrogens (tertiary/aromatic N) is 3. The molecule has 0 atom stereocenters. The monoisotopic (exact) mass is 303 g/mol. The molecule has 1 aliphatic rings. The molecular weight excluding hydrogens is 290 g/mol. The minimum absolute atomic E-state index is 0.855. The van der Waals surface area contributed by atoms with Gasteiger partial charge in [-0.1, -0.05) is 11.6 Å². The van der Waals surface area contributed by atoms with E-state index < -0.39 is 0 Å². The lowest BCUT2D eigenvalue weighted by atomic mass is 10.1. The van der Waals surface area contributed by atoms with Crippen molar-refractivity contribution in [2.75, 3.05) is 13.6 Å². The molecule has 20 heavy (non-hydrogen) atoms. The van der Waals surface area contributed by atoms with Crippen molar-refractivity contribution >= 4 is 33.2 Å². The summed E-state index contributed by atoms with van der Waals surface area (Å²) in [5.41, 5.74) is 5.26. The summed E-state index contributed by atoms with van der Waals surface area (Å²) >= 11 is 7.93. The van der Waals surface area contributed by atoms with Crippen LogP contribution in [-0.2, 0) is 13.0 Å². The third-order valence-corrected chi connectivity index (χ3v) is 5.21. The molecule has 4 rings (SSSR count). The Balaban J connectivity index is 2.04. The topological polar surface area (TPSA) is 21.1 Å². The van der Waals surface area contributed by atoms with Crippen LogP contribution in [0.15, 0.2) is 30.6 Å². The van der Waals surface area contributed by atoms with Gasteiger partial charge in [-0.2, -0.15) is 0 Å². The quantitative estimate of drug-likeness (QED) is 0.683. The molecular formula is C15H14ClN3S. The molecule has 0 spiro atoms. The van der Waals surface area contributed by atoms with Gasteiger partial charge in [0.15, 0.2) is 0 Å². The Morgan fingerprint density at radius 1 is 1.30 bits per heavy atom. The highest BCUT2D eigenvalue weighted by Crippen LogP contribution is 2.39. The van der Waals surface area contributed by atoms with Crippen LogP contribution in [0.5, 0.6) is 0 Å². The van der Waals surface area contributed by atoms with Gasteiger partial charge in [0, 0.05) is 48.8 Å². The largest absolute Gasteiger partial charge is 0.312 e. The molecule has 3 aromatic heterocycles. The smallest absolute Gasteiger partial charge is 0.0956 e. The molecule has 0 aromatic carbocycles. The van der Waals surface area contributed by atoms with Crippen molar-refractivity contribution in [2.24, 2.45) is 0 Å². The number of fused-ring (bicyclic) bond motifs is 3. The van der Waals surface area contributed by atoms with Crippen LogP contribution in [0.4, 0.5) is 0 Å². The molecule has 0 saturated carbocycles. The summed E-state index contributed by atoms with van der Waals surface area (Å²) in [5, 5.41) is 0. The fraction of sp³-hybridized carbons (Fsp3) is 0.267. The first kappa shape index (κ1) is 12.4. The molecule has 0 unspecified atom stereocenters. The van der Waals surface area contributed by atoms with E-state index in [2.05, 4.69) is 39.7 Å². The first-order valence-corrected chi connectivity index (χ1v) is 7.84. The van der Waals surface area contributed by atoms with Crippen molar-refractivity contribution in [3.63, 3.8) is 0 Å². The van der Waals surface area contributed by atoms with E-state index in [9.17, 15) is 0 Å². The van der Waals surface area contributed by atoms with E-state index in [1.807, 2.05) is 12.4 Å². The van der Waals surface area contributed by atoms with E-state index >= 15 is 0 Å². The summed E-state index contributed by atoms with van der Waals surface area (Å²) in [6.45, 7) is 2.10. The van der Waals surface area contributed by atoms with Crippen LogP contribution in [-0.4, -0.2) is 28.0 Å². The summed E-state index contributed by atoms with van der Waals surface area (Å²) in [5.74, 6) is 0. The van der Waals surface area contributed by atoms with Gasteiger partial charge >= 0.3 is 0 Å². The normalized spacial score (nSPS) is 15.7. The van der Waals surface area contributed by atoms with E-state index in [-0.39, 0.29) is 0 Å². The molecule has 5 heteroatoms. The van der Waals surface area contributed by atoms with Gasteiger partial charge in [0.05, 0.1) is 14.6 Å². The number of pyridine rings is 1. The molecule has 0 amide bonds. The van der Waals surface area contributed by atoms with Gasteiger partial charge in [0.25, 0.3) is 0 Å². The average molecular weight is 304 g/mol.